The first-order chi connectivity index (χ1) is 10.3. The molecule has 1 saturated heterocycles. The van der Waals surface area contributed by atoms with E-state index in [0.29, 0.717) is 17.9 Å². The van der Waals surface area contributed by atoms with Crippen molar-refractivity contribution in [2.24, 2.45) is 11.8 Å². The highest BCUT2D eigenvalue weighted by atomic mass is 16.5. The quantitative estimate of drug-likeness (QED) is 0.851. The Balaban J connectivity index is 1.60. The lowest BCUT2D eigenvalue weighted by Crippen LogP contribution is -2.35. The van der Waals surface area contributed by atoms with E-state index in [0.717, 1.165) is 36.0 Å². The third-order valence-electron chi connectivity index (χ3n) is 5.19. The number of aromatic nitrogens is 1. The summed E-state index contributed by atoms with van der Waals surface area (Å²) >= 11 is 0. The number of rotatable bonds is 3. The van der Waals surface area contributed by atoms with Gasteiger partial charge in [0.15, 0.2) is 5.78 Å². The van der Waals surface area contributed by atoms with Gasteiger partial charge in [-0.05, 0) is 30.9 Å². The van der Waals surface area contributed by atoms with Crippen molar-refractivity contribution >= 4 is 16.7 Å². The number of aromatic amines is 1. The summed E-state index contributed by atoms with van der Waals surface area (Å²) in [7, 11) is 1.78. The Morgan fingerprint density at radius 2 is 2.10 bits per heavy atom. The number of fused-ring (bicyclic) bond motifs is 2. The summed E-state index contributed by atoms with van der Waals surface area (Å²) in [5.74, 6) is 1.08. The molecule has 21 heavy (non-hydrogen) atoms. The summed E-state index contributed by atoms with van der Waals surface area (Å²) in [6, 6.07) is 9.92. The molecule has 1 aliphatic heterocycles. The number of ether oxygens (including phenoxy) is 1. The summed E-state index contributed by atoms with van der Waals surface area (Å²) in [5, 5.41) is 4.51. The molecule has 1 aliphatic carbocycles. The van der Waals surface area contributed by atoms with Crippen molar-refractivity contribution in [1.29, 1.82) is 0 Å². The standard InChI is InChI=1S/C17H20N2O2/c1-21-15-7-6-11-12(15)9-18-16(11)17(20)14-8-10-4-2-3-5-13(10)19-14/h2-5,8,11-12,15-16,18-19H,6-7,9H2,1H3. The van der Waals surface area contributed by atoms with E-state index < -0.39 is 0 Å². The second kappa shape index (κ2) is 4.97. The molecule has 0 amide bonds. The zero-order valence-corrected chi connectivity index (χ0v) is 12.1. The molecule has 4 heteroatoms. The minimum Gasteiger partial charge on any atom is -0.381 e. The van der Waals surface area contributed by atoms with Crippen LogP contribution in [-0.4, -0.2) is 36.6 Å². The number of nitrogens with one attached hydrogen (secondary N) is 2. The van der Waals surface area contributed by atoms with Gasteiger partial charge >= 0.3 is 0 Å². The molecule has 110 valence electrons. The van der Waals surface area contributed by atoms with E-state index >= 15 is 0 Å². The van der Waals surface area contributed by atoms with Crippen molar-refractivity contribution in [3.05, 3.63) is 36.0 Å². The summed E-state index contributed by atoms with van der Waals surface area (Å²) in [5.41, 5.74) is 1.74. The number of carbonyl (C=O) groups is 1. The van der Waals surface area contributed by atoms with Crippen LogP contribution in [0.25, 0.3) is 10.9 Å². The van der Waals surface area contributed by atoms with Gasteiger partial charge in [0.05, 0.1) is 17.8 Å². The molecule has 2 heterocycles. The van der Waals surface area contributed by atoms with Gasteiger partial charge in [-0.3, -0.25) is 4.79 Å². The van der Waals surface area contributed by atoms with Gasteiger partial charge in [-0.25, -0.2) is 0 Å². The summed E-state index contributed by atoms with van der Waals surface area (Å²) in [6.45, 7) is 0.889. The van der Waals surface area contributed by atoms with E-state index in [2.05, 4.69) is 10.3 Å². The monoisotopic (exact) mass is 284 g/mol. The molecular weight excluding hydrogens is 264 g/mol. The normalized spacial score (nSPS) is 31.7. The smallest absolute Gasteiger partial charge is 0.196 e. The summed E-state index contributed by atoms with van der Waals surface area (Å²) in [6.07, 6.45) is 2.46. The lowest BCUT2D eigenvalue weighted by molar-refractivity contribution is 0.0700. The van der Waals surface area contributed by atoms with Crippen molar-refractivity contribution in [1.82, 2.24) is 10.3 Å². The van der Waals surface area contributed by atoms with Crippen LogP contribution in [0.5, 0.6) is 0 Å². The summed E-state index contributed by atoms with van der Waals surface area (Å²) < 4.78 is 5.55. The van der Waals surface area contributed by atoms with Crippen LogP contribution in [0, 0.1) is 11.8 Å². The third kappa shape index (κ3) is 2.01. The van der Waals surface area contributed by atoms with E-state index in [4.69, 9.17) is 4.74 Å². The highest BCUT2D eigenvalue weighted by molar-refractivity contribution is 6.02. The van der Waals surface area contributed by atoms with Crippen molar-refractivity contribution in [3.8, 4) is 0 Å². The number of hydrogen-bond donors (Lipinski definition) is 2. The number of Topliss-reactive ketones (excluding diaryl/α,β-unsaturated/α-hetero) is 1. The first-order valence-electron chi connectivity index (χ1n) is 7.66. The van der Waals surface area contributed by atoms with Crippen molar-refractivity contribution in [2.75, 3.05) is 13.7 Å². The Hall–Kier alpha value is -1.65. The Morgan fingerprint density at radius 3 is 2.90 bits per heavy atom. The molecule has 2 fully saturated rings. The number of carbonyl (C=O) groups excluding carboxylic acids is 1. The van der Waals surface area contributed by atoms with Crippen LogP contribution in [0.4, 0.5) is 0 Å². The third-order valence-corrected chi connectivity index (χ3v) is 5.19. The Labute approximate surface area is 123 Å². The summed E-state index contributed by atoms with van der Waals surface area (Å²) in [4.78, 5) is 16.1. The molecule has 0 bridgehead atoms. The van der Waals surface area contributed by atoms with Gasteiger partial charge in [0.2, 0.25) is 0 Å². The fraction of sp³-hybridized carbons (Fsp3) is 0.471. The Bertz CT molecular complexity index is 645. The van der Waals surface area contributed by atoms with E-state index in [1.54, 1.807) is 7.11 Å². The number of ketones is 1. The number of para-hydroxylation sites is 1. The van der Waals surface area contributed by atoms with E-state index in [-0.39, 0.29) is 11.8 Å². The molecule has 4 nitrogen and oxygen atoms in total. The van der Waals surface area contributed by atoms with Gasteiger partial charge in [-0.2, -0.15) is 0 Å². The van der Waals surface area contributed by atoms with Crippen molar-refractivity contribution in [3.63, 3.8) is 0 Å². The molecule has 1 saturated carbocycles. The average molecular weight is 284 g/mol. The molecular formula is C17H20N2O2. The van der Waals surface area contributed by atoms with Crippen LogP contribution >= 0.6 is 0 Å². The minimum absolute atomic E-state index is 0.0665. The highest BCUT2D eigenvalue weighted by Crippen LogP contribution is 2.40. The molecule has 1 aromatic carbocycles. The van der Waals surface area contributed by atoms with Gasteiger partial charge in [0.25, 0.3) is 0 Å². The van der Waals surface area contributed by atoms with Gasteiger partial charge in [0, 0.05) is 30.5 Å². The van der Waals surface area contributed by atoms with Gasteiger partial charge < -0.3 is 15.0 Å². The van der Waals surface area contributed by atoms with Crippen LogP contribution < -0.4 is 5.32 Å². The maximum absolute atomic E-state index is 12.8. The van der Waals surface area contributed by atoms with E-state index in [1.165, 1.54) is 0 Å². The number of H-pyrrole nitrogens is 1. The number of methoxy groups -OCH3 is 1. The van der Waals surface area contributed by atoms with Gasteiger partial charge in [-0.1, -0.05) is 18.2 Å². The molecule has 1 aromatic heterocycles. The molecule has 4 rings (SSSR count). The zero-order valence-electron chi connectivity index (χ0n) is 12.1. The number of hydrogen-bond acceptors (Lipinski definition) is 3. The first kappa shape index (κ1) is 13.0. The maximum Gasteiger partial charge on any atom is 0.196 e. The molecule has 2 N–H and O–H groups in total. The van der Waals surface area contributed by atoms with Gasteiger partial charge in [0.1, 0.15) is 0 Å². The Kier molecular flexibility index (Phi) is 3.08. The van der Waals surface area contributed by atoms with E-state index in [1.807, 2.05) is 30.3 Å². The first-order valence-corrected chi connectivity index (χ1v) is 7.66. The van der Waals surface area contributed by atoms with Crippen LogP contribution in [0.15, 0.2) is 30.3 Å². The SMILES string of the molecule is COC1CCC2C(C(=O)c3cc4ccccc4[nH]3)NCC12. The number of benzene rings is 1. The maximum atomic E-state index is 12.8. The highest BCUT2D eigenvalue weighted by Gasteiger charge is 2.47. The fourth-order valence-corrected chi connectivity index (χ4v) is 4.13. The van der Waals surface area contributed by atoms with Crippen LogP contribution in [0.3, 0.4) is 0 Å². The lowest BCUT2D eigenvalue weighted by Gasteiger charge is -2.17. The second-order valence-corrected chi connectivity index (χ2v) is 6.20. The zero-order chi connectivity index (χ0) is 14.4. The molecule has 4 unspecified atom stereocenters. The second-order valence-electron chi connectivity index (χ2n) is 6.20. The molecule has 0 spiro atoms. The lowest BCUT2D eigenvalue weighted by atomic mass is 9.90. The molecule has 0 radical (unpaired) electrons. The molecule has 2 aromatic rings. The van der Waals surface area contributed by atoms with Crippen LogP contribution in [0.1, 0.15) is 23.3 Å². The minimum atomic E-state index is -0.0665. The van der Waals surface area contributed by atoms with Crippen LogP contribution in [-0.2, 0) is 4.74 Å². The van der Waals surface area contributed by atoms with Crippen LogP contribution in [0.2, 0.25) is 0 Å². The molecule has 4 atom stereocenters. The van der Waals surface area contributed by atoms with E-state index in [9.17, 15) is 4.79 Å². The Morgan fingerprint density at radius 1 is 1.24 bits per heavy atom. The largest absolute Gasteiger partial charge is 0.381 e. The van der Waals surface area contributed by atoms with Crippen molar-refractivity contribution in [2.45, 2.75) is 25.0 Å². The molecule has 2 aliphatic rings. The van der Waals surface area contributed by atoms with Gasteiger partial charge in [-0.15, -0.1) is 0 Å². The fourth-order valence-electron chi connectivity index (χ4n) is 4.13. The topological polar surface area (TPSA) is 54.1 Å². The predicted molar refractivity (Wildman–Crippen MR) is 81.4 cm³/mol. The van der Waals surface area contributed by atoms with Crippen molar-refractivity contribution < 1.29 is 9.53 Å². The predicted octanol–water partition coefficient (Wildman–Crippen LogP) is 2.36. The average Bonchev–Trinajstić information content (AvgIpc) is 3.19.